The number of hydrogen-bond acceptors (Lipinski definition) is 6. The molecular formula is C20H23ClFN5O4. The fourth-order valence-electron chi connectivity index (χ4n) is 4.15. The Bertz CT molecular complexity index is 1030. The highest BCUT2D eigenvalue weighted by molar-refractivity contribution is 6.31. The van der Waals surface area contributed by atoms with Crippen LogP contribution in [0.15, 0.2) is 18.3 Å². The van der Waals surface area contributed by atoms with E-state index in [1.807, 2.05) is 6.92 Å². The minimum atomic E-state index is -1.33. The average Bonchev–Trinajstić information content (AvgIpc) is 3.10. The van der Waals surface area contributed by atoms with Crippen LogP contribution in [0.1, 0.15) is 35.7 Å². The van der Waals surface area contributed by atoms with E-state index in [1.165, 1.54) is 27.9 Å². The van der Waals surface area contributed by atoms with E-state index in [2.05, 4.69) is 10.4 Å². The zero-order chi connectivity index (χ0) is 22.2. The second-order valence-corrected chi connectivity index (χ2v) is 7.89. The van der Waals surface area contributed by atoms with Crippen molar-refractivity contribution in [2.24, 2.45) is 0 Å². The number of fused-ring (bicyclic) bond motifs is 2. The molecule has 0 unspecified atom stereocenters. The lowest BCUT2D eigenvalue weighted by Crippen LogP contribution is -2.53. The molecule has 31 heavy (non-hydrogen) atoms. The van der Waals surface area contributed by atoms with Gasteiger partial charge in [-0.15, -0.1) is 0 Å². The van der Waals surface area contributed by atoms with Crippen LogP contribution < -0.4 is 11.1 Å². The van der Waals surface area contributed by atoms with Crippen molar-refractivity contribution < 1.29 is 23.5 Å². The Hall–Kier alpha value is -2.85. The van der Waals surface area contributed by atoms with Crippen LogP contribution in [0.3, 0.4) is 0 Å². The van der Waals surface area contributed by atoms with Crippen LogP contribution in [0, 0.1) is 5.82 Å². The highest BCUT2D eigenvalue weighted by Gasteiger charge is 2.48. The van der Waals surface area contributed by atoms with Crippen LogP contribution >= 0.6 is 11.6 Å². The molecule has 1 aromatic heterocycles. The van der Waals surface area contributed by atoms with Crippen LogP contribution in [0.5, 0.6) is 0 Å². The van der Waals surface area contributed by atoms with Gasteiger partial charge in [-0.25, -0.2) is 13.9 Å². The van der Waals surface area contributed by atoms with Gasteiger partial charge in [-0.2, -0.15) is 5.10 Å². The summed E-state index contributed by atoms with van der Waals surface area (Å²) in [4.78, 5) is 26.9. The fraction of sp³-hybridized carbons (Fsp3) is 0.450. The van der Waals surface area contributed by atoms with Crippen molar-refractivity contribution in [3.63, 3.8) is 0 Å². The summed E-state index contributed by atoms with van der Waals surface area (Å²) in [7, 11) is 0. The molecule has 2 amide bonds. The van der Waals surface area contributed by atoms with Gasteiger partial charge < -0.3 is 20.1 Å². The number of amides is 2. The average molecular weight is 452 g/mol. The maximum Gasteiger partial charge on any atom is 0.412 e. The minimum Gasteiger partial charge on any atom is -0.436 e. The lowest BCUT2D eigenvalue weighted by molar-refractivity contribution is -0.0418. The maximum absolute atomic E-state index is 15.0. The first kappa shape index (κ1) is 21.4. The summed E-state index contributed by atoms with van der Waals surface area (Å²) < 4.78 is 27.4. The number of carbonyl (C=O) groups is 2. The van der Waals surface area contributed by atoms with Gasteiger partial charge in [-0.3, -0.25) is 10.1 Å². The number of anilines is 2. The number of likely N-dealkylation sites (tertiary alicyclic amines) is 1. The van der Waals surface area contributed by atoms with Gasteiger partial charge in [-0.05, 0) is 31.9 Å². The zero-order valence-corrected chi connectivity index (χ0v) is 17.7. The zero-order valence-electron chi connectivity index (χ0n) is 17.0. The summed E-state index contributed by atoms with van der Waals surface area (Å²) in [5.41, 5.74) is 5.47. The van der Waals surface area contributed by atoms with E-state index in [0.29, 0.717) is 39.1 Å². The minimum absolute atomic E-state index is 0.0208. The van der Waals surface area contributed by atoms with E-state index in [4.69, 9.17) is 26.8 Å². The van der Waals surface area contributed by atoms with Gasteiger partial charge >= 0.3 is 6.09 Å². The number of nitrogens with zero attached hydrogens (tertiary/aromatic N) is 3. The monoisotopic (exact) mass is 451 g/mol. The Labute approximate surface area is 183 Å². The number of nitrogen functional groups attached to an aromatic ring is 1. The van der Waals surface area contributed by atoms with Crippen LogP contribution in [0.25, 0.3) is 0 Å². The highest BCUT2D eigenvalue weighted by atomic mass is 35.5. The Kier molecular flexibility index (Phi) is 5.76. The van der Waals surface area contributed by atoms with Gasteiger partial charge in [0.2, 0.25) is 0 Å². The molecule has 1 saturated heterocycles. The second kappa shape index (κ2) is 8.35. The number of carbonyl (C=O) groups excluding carboxylic acids is 2. The lowest BCUT2D eigenvalue weighted by atomic mass is 9.83. The van der Waals surface area contributed by atoms with Gasteiger partial charge in [0.05, 0.1) is 42.2 Å². The fourth-order valence-corrected chi connectivity index (χ4v) is 4.31. The summed E-state index contributed by atoms with van der Waals surface area (Å²) in [5.74, 6) is -0.809. The molecule has 2 aliphatic heterocycles. The molecule has 1 spiro atoms. The quantitative estimate of drug-likeness (QED) is 0.676. The van der Waals surface area contributed by atoms with Crippen molar-refractivity contribution in [1.82, 2.24) is 14.7 Å². The normalized spacial score (nSPS) is 20.4. The van der Waals surface area contributed by atoms with Crippen molar-refractivity contribution in [1.29, 1.82) is 0 Å². The molecule has 3 N–H and O–H groups in total. The SMILES string of the molecule is CCOCCn1ncc(C(=O)N2CCC[C@@]3(C2)OC(=O)Nc2ccc(Cl)c(F)c23)c1N. The van der Waals surface area contributed by atoms with E-state index in [-0.39, 0.29) is 40.1 Å². The first-order chi connectivity index (χ1) is 14.9. The van der Waals surface area contributed by atoms with Crippen molar-refractivity contribution in [2.75, 3.05) is 37.4 Å². The molecular weight excluding hydrogens is 429 g/mol. The third-order valence-electron chi connectivity index (χ3n) is 5.58. The topological polar surface area (TPSA) is 112 Å². The Morgan fingerprint density at radius 1 is 1.48 bits per heavy atom. The predicted octanol–water partition coefficient (Wildman–Crippen LogP) is 2.99. The van der Waals surface area contributed by atoms with Gasteiger partial charge in [0.25, 0.3) is 5.91 Å². The number of nitrogens with one attached hydrogen (secondary N) is 1. The Morgan fingerprint density at radius 3 is 3.06 bits per heavy atom. The van der Waals surface area contributed by atoms with Crippen LogP contribution in [-0.4, -0.2) is 53.0 Å². The third kappa shape index (κ3) is 3.81. The summed E-state index contributed by atoms with van der Waals surface area (Å²) in [5, 5.41) is 6.59. The maximum atomic E-state index is 15.0. The molecule has 11 heteroatoms. The molecule has 0 bridgehead atoms. The number of hydrogen-bond donors (Lipinski definition) is 2. The molecule has 2 aliphatic rings. The third-order valence-corrected chi connectivity index (χ3v) is 5.87. The van der Waals surface area contributed by atoms with Gasteiger partial charge in [-0.1, -0.05) is 11.6 Å². The summed E-state index contributed by atoms with van der Waals surface area (Å²) in [6, 6.07) is 2.90. The van der Waals surface area contributed by atoms with Crippen molar-refractivity contribution in [2.45, 2.75) is 31.9 Å². The summed E-state index contributed by atoms with van der Waals surface area (Å²) in [6.45, 7) is 3.67. The number of aromatic nitrogens is 2. The van der Waals surface area contributed by atoms with Crippen LogP contribution in [0.2, 0.25) is 5.02 Å². The molecule has 4 rings (SSSR count). The first-order valence-electron chi connectivity index (χ1n) is 10.0. The molecule has 2 aromatic rings. The molecule has 1 atom stereocenters. The van der Waals surface area contributed by atoms with E-state index < -0.39 is 17.5 Å². The summed E-state index contributed by atoms with van der Waals surface area (Å²) in [6.07, 6.45) is 1.57. The van der Waals surface area contributed by atoms with E-state index in [9.17, 15) is 14.0 Å². The van der Waals surface area contributed by atoms with Crippen molar-refractivity contribution >= 4 is 35.1 Å². The highest BCUT2D eigenvalue weighted by Crippen LogP contribution is 2.45. The van der Waals surface area contributed by atoms with E-state index >= 15 is 0 Å². The second-order valence-electron chi connectivity index (χ2n) is 7.49. The Balaban J connectivity index is 1.62. The Morgan fingerprint density at radius 2 is 2.29 bits per heavy atom. The number of ether oxygens (including phenoxy) is 2. The molecule has 166 valence electrons. The van der Waals surface area contributed by atoms with Crippen molar-refractivity contribution in [3.8, 4) is 0 Å². The van der Waals surface area contributed by atoms with E-state index in [1.54, 1.807) is 0 Å². The van der Waals surface area contributed by atoms with Gasteiger partial charge in [0.1, 0.15) is 11.4 Å². The standard InChI is InChI=1S/C20H23ClFN5O4/c1-2-30-9-8-27-17(23)12(10-24-27)18(28)26-7-3-6-20(11-26)15-14(25-19(29)31-20)5-4-13(21)16(15)22/h4-5,10H,2-3,6-9,11,23H2,1H3,(H,25,29)/t20-/m0/s1. The molecule has 0 saturated carbocycles. The van der Waals surface area contributed by atoms with Crippen molar-refractivity contribution in [3.05, 3.63) is 40.3 Å². The number of halogens is 2. The largest absolute Gasteiger partial charge is 0.436 e. The number of nitrogens with two attached hydrogens (primary N) is 1. The van der Waals surface area contributed by atoms with Crippen LogP contribution in [-0.2, 0) is 21.6 Å². The molecule has 0 radical (unpaired) electrons. The first-order valence-corrected chi connectivity index (χ1v) is 10.4. The van der Waals surface area contributed by atoms with Crippen LogP contribution in [0.4, 0.5) is 20.7 Å². The molecule has 1 aromatic carbocycles. The smallest absolute Gasteiger partial charge is 0.412 e. The molecule has 3 heterocycles. The molecule has 1 fully saturated rings. The summed E-state index contributed by atoms with van der Waals surface area (Å²) >= 11 is 5.99. The predicted molar refractivity (Wildman–Crippen MR) is 111 cm³/mol. The van der Waals surface area contributed by atoms with E-state index in [0.717, 1.165) is 0 Å². The lowest BCUT2D eigenvalue weighted by Gasteiger charge is -2.45. The molecule has 0 aliphatic carbocycles. The number of benzene rings is 1. The number of rotatable bonds is 5. The number of piperidine rings is 1. The van der Waals surface area contributed by atoms with Gasteiger partial charge in [0.15, 0.2) is 11.4 Å². The molecule has 9 nitrogen and oxygen atoms in total. The van der Waals surface area contributed by atoms with Gasteiger partial charge in [0, 0.05) is 13.2 Å².